The minimum atomic E-state index is -12.6. The Morgan fingerprint density at radius 1 is 0.222 bits per heavy atom. The van der Waals surface area contributed by atoms with Gasteiger partial charge in [0.05, 0.1) is 0 Å². The molecular weight excluding hydrogens is 638 g/mol. The van der Waals surface area contributed by atoms with Crippen LogP contribution >= 0.6 is 13.2 Å². The number of rotatable bonds is 3. The van der Waals surface area contributed by atoms with Crippen molar-refractivity contribution in [3.63, 3.8) is 0 Å². The molecule has 0 atom stereocenters. The summed E-state index contributed by atoms with van der Waals surface area (Å²) >= 11 is 0. The van der Waals surface area contributed by atoms with Gasteiger partial charge in [-0.1, -0.05) is 0 Å². The summed E-state index contributed by atoms with van der Waals surface area (Å²) in [5.41, 5.74) is 0. The van der Waals surface area contributed by atoms with Gasteiger partial charge in [0, 0.05) is 0 Å². The second-order valence-electron chi connectivity index (χ2n) is 6.80. The van der Waals surface area contributed by atoms with Gasteiger partial charge in [0.15, 0.2) is 0 Å². The van der Waals surface area contributed by atoms with Gasteiger partial charge in [0.25, 0.3) is 0 Å². The first-order valence-electron chi connectivity index (χ1n) is 7.46. The molecule has 0 aromatic carbocycles. The molecule has 0 N–H and O–H groups in total. The van der Waals surface area contributed by atoms with Crippen molar-refractivity contribution in [3.8, 4) is 0 Å². The zero-order chi connectivity index (χ0) is 30.3. The van der Waals surface area contributed by atoms with Crippen molar-refractivity contribution < 1.29 is 105 Å². The average molecular weight is 642 g/mol. The van der Waals surface area contributed by atoms with Crippen LogP contribution in [0.3, 0.4) is 0 Å². The van der Waals surface area contributed by atoms with Crippen molar-refractivity contribution in [1.29, 1.82) is 0 Å². The first kappa shape index (κ1) is 35.2. The summed E-state index contributed by atoms with van der Waals surface area (Å²) in [5.74, 6) is -73.0. The molecule has 0 aliphatic heterocycles. The van der Waals surface area contributed by atoms with Crippen LogP contribution in [-0.2, 0) is 0 Å². The molecule has 0 unspecified atom stereocenters. The van der Waals surface area contributed by atoms with Gasteiger partial charge in [0.2, 0.25) is 0 Å². The molecule has 26 heteroatoms. The molecule has 0 heterocycles. The normalized spacial score (nSPS) is 18.9. The maximum absolute atomic E-state index is 13.2. The van der Waals surface area contributed by atoms with Crippen LogP contribution in [0.1, 0.15) is 0 Å². The summed E-state index contributed by atoms with van der Waals surface area (Å²) < 4.78 is 317. The molecule has 36 heavy (non-hydrogen) atoms. The van der Waals surface area contributed by atoms with Crippen LogP contribution in [0, 0.1) is 0 Å². The Kier molecular flexibility index (Phi) is 7.68. The molecule has 0 amide bonds. The molecule has 0 bridgehead atoms. The molecule has 0 spiro atoms. The van der Waals surface area contributed by atoms with E-state index in [2.05, 4.69) is 0 Å². The van der Waals surface area contributed by atoms with Crippen molar-refractivity contribution in [2.75, 3.05) is 12.3 Å². The molecule has 222 valence electrons. The molecule has 0 aromatic heterocycles. The summed E-state index contributed by atoms with van der Waals surface area (Å²) in [5, 5.41) is 0. The second kappa shape index (κ2) is 7.86. The number of alkyl halides is 24. The van der Waals surface area contributed by atoms with Gasteiger partial charge >= 0.3 is 178 Å². The Labute approximate surface area is 179 Å². The van der Waals surface area contributed by atoms with Crippen LogP contribution < -0.4 is 0 Å². The SMILES string of the molecule is FC(F)(F)P(CCP(C(F)(F)F)(C(F)(F)F)(C(F)(F)F)C(F)(F)F)(C(F)(F)F)(C(F)(F)F)C(F)(F)F. The quantitative estimate of drug-likeness (QED) is 0.213. The molecule has 0 fully saturated rings. The van der Waals surface area contributed by atoms with E-state index in [-0.39, 0.29) is 0 Å². The minimum absolute atomic E-state index is 6.01. The monoisotopic (exact) mass is 642 g/mol. The van der Waals surface area contributed by atoms with E-state index >= 15 is 0 Å². The van der Waals surface area contributed by atoms with Gasteiger partial charge in [-0.15, -0.1) is 0 Å². The zero-order valence-electron chi connectivity index (χ0n) is 15.4. The average Bonchev–Trinajstić information content (AvgIpc) is 2.39. The molecule has 0 saturated heterocycles. The van der Waals surface area contributed by atoms with Gasteiger partial charge in [-0.05, 0) is 0 Å². The van der Waals surface area contributed by atoms with Gasteiger partial charge in [-0.25, -0.2) is 0 Å². The Morgan fingerprint density at radius 2 is 0.306 bits per heavy atom. The number of hydrogen-bond donors (Lipinski definition) is 0. The third-order valence-electron chi connectivity index (χ3n) is 5.47. The van der Waals surface area contributed by atoms with Crippen LogP contribution in [0.25, 0.3) is 0 Å². The van der Waals surface area contributed by atoms with Crippen molar-refractivity contribution in [2.45, 2.75) is 47.3 Å². The zero-order valence-corrected chi connectivity index (χ0v) is 17.2. The van der Waals surface area contributed by atoms with E-state index in [1.807, 2.05) is 0 Å². The molecule has 0 nitrogen and oxygen atoms in total. The van der Waals surface area contributed by atoms with Gasteiger partial charge in [-0.2, -0.15) is 0 Å². The van der Waals surface area contributed by atoms with E-state index < -0.39 is 72.9 Å². The predicted molar refractivity (Wildman–Crippen MR) is 72.0 cm³/mol. The van der Waals surface area contributed by atoms with Gasteiger partial charge in [0.1, 0.15) is 0 Å². The molecule has 0 radical (unpaired) electrons. The van der Waals surface area contributed by atoms with Crippen molar-refractivity contribution in [1.82, 2.24) is 0 Å². The maximum atomic E-state index is 13.2. The van der Waals surface area contributed by atoms with E-state index in [1.54, 1.807) is 0 Å². The van der Waals surface area contributed by atoms with E-state index in [1.165, 1.54) is 0 Å². The van der Waals surface area contributed by atoms with Crippen LogP contribution in [0.5, 0.6) is 0 Å². The first-order chi connectivity index (χ1) is 14.9. The standard InChI is InChI=1S/C10H4F24P2/c11-3(12,13)35(4(14,15)16,5(17,18)19,6(20,21)22)1-2-36(7(23,24)25,8(26,27)28,9(29,30)31)10(32,33)34/h1-2H2. The summed E-state index contributed by atoms with van der Waals surface area (Å²) in [6, 6.07) is 0. The summed E-state index contributed by atoms with van der Waals surface area (Å²) in [7, 11) is 0. The van der Waals surface area contributed by atoms with Crippen LogP contribution in [0.4, 0.5) is 105 Å². The van der Waals surface area contributed by atoms with E-state index in [0.29, 0.717) is 0 Å². The van der Waals surface area contributed by atoms with E-state index in [4.69, 9.17) is 0 Å². The third kappa shape index (κ3) is 3.17. The predicted octanol–water partition coefficient (Wildman–Crippen LogP) is 10.3. The Balaban J connectivity index is 8.69. The second-order valence-corrected chi connectivity index (χ2v) is 17.0. The third-order valence-corrected chi connectivity index (χ3v) is 17.0. The Morgan fingerprint density at radius 3 is 0.361 bits per heavy atom. The molecule has 0 rings (SSSR count). The fourth-order valence-corrected chi connectivity index (χ4v) is 11.8. The number of halogens is 24. The fraction of sp³-hybridized carbons (Fsp3) is 1.00. The van der Waals surface area contributed by atoms with Crippen molar-refractivity contribution >= 4 is 13.2 Å². The Hall–Kier alpha value is -0.820. The fourth-order valence-electron chi connectivity index (χ4n) is 3.14. The summed E-state index contributed by atoms with van der Waals surface area (Å²) in [4.78, 5) is 0. The van der Waals surface area contributed by atoms with E-state index in [0.717, 1.165) is 0 Å². The van der Waals surface area contributed by atoms with Gasteiger partial charge in [-0.3, -0.25) is 0 Å². The number of hydrogen-bond acceptors (Lipinski definition) is 0. The molecule has 0 saturated carbocycles. The molecular formula is C10H4F24P2. The molecule has 0 aliphatic rings. The summed E-state index contributed by atoms with van der Waals surface area (Å²) in [6.45, 7) is -25.3. The van der Waals surface area contributed by atoms with Crippen LogP contribution in [-0.4, -0.2) is 59.7 Å². The van der Waals surface area contributed by atoms with E-state index in [9.17, 15) is 105 Å². The topological polar surface area (TPSA) is 0 Å². The van der Waals surface area contributed by atoms with Gasteiger partial charge < -0.3 is 0 Å². The summed E-state index contributed by atoms with van der Waals surface area (Å²) in [6.07, 6.45) is -12.0. The Bertz CT molecular complexity index is 610. The van der Waals surface area contributed by atoms with Crippen LogP contribution in [0.2, 0.25) is 0 Å². The molecule has 0 aliphatic carbocycles. The van der Waals surface area contributed by atoms with Crippen LogP contribution in [0.15, 0.2) is 0 Å². The first-order valence-corrected chi connectivity index (χ1v) is 12.3. The van der Waals surface area contributed by atoms with Crippen molar-refractivity contribution in [3.05, 3.63) is 0 Å². The van der Waals surface area contributed by atoms with Crippen molar-refractivity contribution in [2.24, 2.45) is 0 Å². The molecule has 0 aromatic rings.